The van der Waals surface area contributed by atoms with Crippen molar-refractivity contribution in [3.8, 4) is 11.5 Å². The summed E-state index contributed by atoms with van der Waals surface area (Å²) in [6.07, 6.45) is 4.30. The average Bonchev–Trinajstić information content (AvgIpc) is 3.38. The summed E-state index contributed by atoms with van der Waals surface area (Å²) in [5, 5.41) is 7.81. The first-order valence-electron chi connectivity index (χ1n) is 12.8. The van der Waals surface area contributed by atoms with Crippen LogP contribution in [-0.4, -0.2) is 56.8 Å². The smallest absolute Gasteiger partial charge is 0.261 e. The molecule has 0 aromatic heterocycles. The van der Waals surface area contributed by atoms with E-state index in [4.69, 9.17) is 14.0 Å². The Labute approximate surface area is 228 Å². The molecule has 0 radical (unpaired) electrons. The number of carbonyl (C=O) groups is 1. The second-order valence-corrected chi connectivity index (χ2v) is 11.5. The highest BCUT2D eigenvalue weighted by Gasteiger charge is 2.32. The summed E-state index contributed by atoms with van der Waals surface area (Å²) >= 11 is 0. The maximum absolute atomic E-state index is 12.8. The molecule has 2 aliphatic heterocycles. The molecule has 2 heterocycles. The molecule has 0 bridgehead atoms. The Morgan fingerprint density at radius 1 is 0.923 bits per heavy atom. The number of fused-ring (bicyclic) bond motifs is 7. The van der Waals surface area contributed by atoms with Crippen molar-refractivity contribution < 1.29 is 27.2 Å². The number of hydrogen-bond acceptors (Lipinski definition) is 6. The quantitative estimate of drug-likeness (QED) is 0.264. The molecule has 4 aromatic rings. The highest BCUT2D eigenvalue weighted by atomic mass is 32.2. The van der Waals surface area contributed by atoms with Gasteiger partial charge in [-0.15, -0.1) is 0 Å². The molecule has 9 heteroatoms. The van der Waals surface area contributed by atoms with Gasteiger partial charge in [-0.1, -0.05) is 24.3 Å². The van der Waals surface area contributed by atoms with Gasteiger partial charge in [-0.05, 0) is 94.9 Å². The Morgan fingerprint density at radius 2 is 1.56 bits per heavy atom. The van der Waals surface area contributed by atoms with Gasteiger partial charge in [0.1, 0.15) is 0 Å². The van der Waals surface area contributed by atoms with Crippen LogP contribution in [0.2, 0.25) is 0 Å². The predicted molar refractivity (Wildman–Crippen MR) is 154 cm³/mol. The van der Waals surface area contributed by atoms with Crippen LogP contribution < -0.4 is 14.8 Å². The van der Waals surface area contributed by atoms with E-state index in [2.05, 4.69) is 34.5 Å². The number of nitrogens with zero attached hydrogens (tertiary/aromatic N) is 1. The van der Waals surface area contributed by atoms with Crippen LogP contribution in [0.1, 0.15) is 34.3 Å². The number of benzene rings is 4. The highest BCUT2D eigenvalue weighted by Crippen LogP contribution is 2.44. The zero-order valence-corrected chi connectivity index (χ0v) is 23.0. The number of nitrogens with one attached hydrogen (secondary N) is 1. The monoisotopic (exact) mass is 548 g/mol. The lowest BCUT2D eigenvalue weighted by Gasteiger charge is -2.33. The molecule has 39 heavy (non-hydrogen) atoms. The molecule has 204 valence electrons. The molecule has 0 aliphatic carbocycles. The Bertz CT molecular complexity index is 1650. The van der Waals surface area contributed by atoms with Crippen LogP contribution in [0.5, 0.6) is 11.5 Å². The maximum Gasteiger partial charge on any atom is 0.261 e. The fraction of sp³-hybridized carbons (Fsp3) is 0.300. The zero-order chi connectivity index (χ0) is 27.7. The number of anilines is 1. The Kier molecular flexibility index (Phi) is 7.48. The van der Waals surface area contributed by atoms with Crippen molar-refractivity contribution in [3.63, 3.8) is 0 Å². The zero-order valence-electron chi connectivity index (χ0n) is 22.2. The maximum atomic E-state index is 12.8. The molecule has 2 aliphatic rings. The van der Waals surface area contributed by atoms with Gasteiger partial charge < -0.3 is 14.8 Å². The molecular weight excluding hydrogens is 516 g/mol. The number of ether oxygens (including phenoxy) is 2. The van der Waals surface area contributed by atoms with Crippen molar-refractivity contribution in [1.82, 2.24) is 4.90 Å². The standard InChI is InChI=1S/C29H28N2O3.CH4O3S/c1-33-27-15-24-22-13-19(30-29(32)18-7-4-3-5-8-18)10-11-21(22)23-14-20-9-6-12-31(20)17-26(23)25(24)16-28(27)34-2;1-5(2,3)4/h3-5,7-8,10-11,13,15-16,20H,6,9,12,14,17H2,1-2H3,(H,30,32);1H3,(H,2,3,4)/t20-;/m0./s1. The van der Waals surface area contributed by atoms with E-state index in [1.54, 1.807) is 14.2 Å². The van der Waals surface area contributed by atoms with Gasteiger partial charge in [-0.25, -0.2) is 0 Å². The average molecular weight is 549 g/mol. The minimum atomic E-state index is -3.67. The first-order valence-corrected chi connectivity index (χ1v) is 14.7. The van der Waals surface area contributed by atoms with Crippen LogP contribution in [0.4, 0.5) is 5.69 Å². The molecule has 1 fully saturated rings. The summed E-state index contributed by atoms with van der Waals surface area (Å²) in [5.41, 5.74) is 4.25. The minimum Gasteiger partial charge on any atom is -0.493 e. The molecule has 0 unspecified atom stereocenters. The van der Waals surface area contributed by atoms with Gasteiger partial charge in [0.25, 0.3) is 16.0 Å². The van der Waals surface area contributed by atoms with Crippen LogP contribution in [0, 0.1) is 0 Å². The molecule has 0 saturated carbocycles. The van der Waals surface area contributed by atoms with E-state index in [-0.39, 0.29) is 5.91 Å². The molecule has 2 N–H and O–H groups in total. The predicted octanol–water partition coefficient (Wildman–Crippen LogP) is 5.29. The van der Waals surface area contributed by atoms with Crippen molar-refractivity contribution in [2.75, 3.05) is 32.3 Å². The van der Waals surface area contributed by atoms with Gasteiger partial charge >= 0.3 is 0 Å². The molecule has 0 spiro atoms. The van der Waals surface area contributed by atoms with E-state index in [0.29, 0.717) is 23.6 Å². The van der Waals surface area contributed by atoms with E-state index in [1.165, 1.54) is 41.3 Å². The number of amides is 1. The van der Waals surface area contributed by atoms with Gasteiger partial charge in [0.2, 0.25) is 0 Å². The molecule has 1 saturated heterocycles. The second-order valence-electron chi connectivity index (χ2n) is 9.99. The summed E-state index contributed by atoms with van der Waals surface area (Å²) in [7, 11) is -0.310. The van der Waals surface area contributed by atoms with Crippen molar-refractivity contribution >= 4 is 43.3 Å². The van der Waals surface area contributed by atoms with Crippen molar-refractivity contribution in [1.29, 1.82) is 0 Å². The molecule has 4 aromatic carbocycles. The van der Waals surface area contributed by atoms with E-state index >= 15 is 0 Å². The van der Waals surface area contributed by atoms with E-state index in [9.17, 15) is 13.2 Å². The lowest BCUT2D eigenvalue weighted by atomic mass is 9.85. The number of rotatable bonds is 4. The largest absolute Gasteiger partial charge is 0.493 e. The fourth-order valence-electron chi connectivity index (χ4n) is 5.76. The number of carbonyl (C=O) groups excluding carboxylic acids is 1. The van der Waals surface area contributed by atoms with E-state index in [0.717, 1.165) is 35.2 Å². The fourth-order valence-corrected chi connectivity index (χ4v) is 5.76. The van der Waals surface area contributed by atoms with Crippen LogP contribution in [-0.2, 0) is 23.1 Å². The first kappa shape index (κ1) is 26.9. The van der Waals surface area contributed by atoms with Gasteiger partial charge in [0.05, 0.1) is 20.5 Å². The first-order chi connectivity index (χ1) is 18.7. The van der Waals surface area contributed by atoms with E-state index < -0.39 is 10.1 Å². The van der Waals surface area contributed by atoms with Crippen LogP contribution in [0.25, 0.3) is 21.5 Å². The Morgan fingerprint density at radius 3 is 2.23 bits per heavy atom. The topological polar surface area (TPSA) is 105 Å². The van der Waals surface area contributed by atoms with Crippen LogP contribution >= 0.6 is 0 Å². The lowest BCUT2D eigenvalue weighted by molar-refractivity contribution is 0.102. The summed E-state index contributed by atoms with van der Waals surface area (Å²) in [6, 6.07) is 20.4. The van der Waals surface area contributed by atoms with Gasteiger partial charge in [0, 0.05) is 23.8 Å². The summed E-state index contributed by atoms with van der Waals surface area (Å²) < 4.78 is 37.2. The lowest BCUT2D eigenvalue weighted by Crippen LogP contribution is -2.35. The number of methoxy groups -OCH3 is 2. The molecular formula is C30H32N2O6S. The number of hydrogen-bond donors (Lipinski definition) is 2. The van der Waals surface area contributed by atoms with Gasteiger partial charge in [-0.2, -0.15) is 8.42 Å². The van der Waals surface area contributed by atoms with Crippen molar-refractivity contribution in [3.05, 3.63) is 77.4 Å². The third-order valence-corrected chi connectivity index (χ3v) is 7.44. The normalized spacial score (nSPS) is 16.7. The summed E-state index contributed by atoms with van der Waals surface area (Å²) in [4.78, 5) is 15.4. The third-order valence-electron chi connectivity index (χ3n) is 7.44. The SMILES string of the molecule is COc1cc2c3c(c4ccc(NC(=O)c5ccccc5)cc4c2cc1OC)C[C@@H]1CCCN1C3.CS(=O)(=O)O. The summed E-state index contributed by atoms with van der Waals surface area (Å²) in [6.45, 7) is 2.13. The van der Waals surface area contributed by atoms with E-state index in [1.807, 2.05) is 36.4 Å². The Balaban J connectivity index is 0.000000567. The molecule has 8 nitrogen and oxygen atoms in total. The third kappa shape index (κ3) is 5.71. The second kappa shape index (κ2) is 10.8. The van der Waals surface area contributed by atoms with Gasteiger partial charge in [-0.3, -0.25) is 14.2 Å². The van der Waals surface area contributed by atoms with Crippen molar-refractivity contribution in [2.45, 2.75) is 31.8 Å². The van der Waals surface area contributed by atoms with Crippen LogP contribution in [0.15, 0.2) is 60.7 Å². The molecule has 1 amide bonds. The van der Waals surface area contributed by atoms with Gasteiger partial charge in [0.15, 0.2) is 11.5 Å². The minimum absolute atomic E-state index is 0.108. The Hall–Kier alpha value is -3.66. The highest BCUT2D eigenvalue weighted by molar-refractivity contribution is 7.85. The van der Waals surface area contributed by atoms with Crippen molar-refractivity contribution in [2.24, 2.45) is 0 Å². The summed E-state index contributed by atoms with van der Waals surface area (Å²) in [5.74, 6) is 1.35. The molecule has 6 rings (SSSR count). The van der Waals surface area contributed by atoms with Crippen LogP contribution in [0.3, 0.4) is 0 Å². The molecule has 1 atom stereocenters.